The van der Waals surface area contributed by atoms with E-state index >= 15 is 0 Å². The molecule has 0 atom stereocenters. The van der Waals surface area contributed by atoms with Crippen molar-refractivity contribution in [1.29, 1.82) is 0 Å². The van der Waals surface area contributed by atoms with Gasteiger partial charge in [-0.25, -0.2) is 0 Å². The second-order valence-corrected chi connectivity index (χ2v) is 5.58. The molecule has 2 aliphatic heterocycles. The Morgan fingerprint density at radius 3 is 2.14 bits per heavy atom. The van der Waals surface area contributed by atoms with Crippen LogP contribution in [0.2, 0.25) is 0 Å². The van der Waals surface area contributed by atoms with Crippen LogP contribution < -0.4 is 15.5 Å². The number of nitrogens with zero attached hydrogens (tertiary/aromatic N) is 5. The molecule has 1 aromatic rings. The van der Waals surface area contributed by atoms with Gasteiger partial charge in [-0.15, -0.1) is 0 Å². The average molecular weight is 292 g/mol. The Morgan fingerprint density at radius 2 is 1.52 bits per heavy atom. The number of rotatable bonds is 3. The van der Waals surface area contributed by atoms with Crippen molar-refractivity contribution >= 4 is 23.3 Å². The number of hydrogen-bond donors (Lipinski definition) is 1. The fourth-order valence-electron chi connectivity index (χ4n) is 3.01. The number of anilines is 3. The molecule has 8 nitrogen and oxygen atoms in total. The van der Waals surface area contributed by atoms with Crippen LogP contribution in [-0.2, 0) is 0 Å². The van der Waals surface area contributed by atoms with Crippen LogP contribution in [-0.4, -0.2) is 41.1 Å². The van der Waals surface area contributed by atoms with Crippen molar-refractivity contribution in [3.8, 4) is 0 Å². The van der Waals surface area contributed by atoms with Gasteiger partial charge in [0.25, 0.3) is 0 Å². The van der Waals surface area contributed by atoms with Gasteiger partial charge in [-0.05, 0) is 32.1 Å². The van der Waals surface area contributed by atoms with Crippen LogP contribution >= 0.6 is 0 Å². The molecule has 2 N–H and O–H groups in total. The van der Waals surface area contributed by atoms with E-state index in [2.05, 4.69) is 9.97 Å². The number of piperidine rings is 1. The third-order valence-electron chi connectivity index (χ3n) is 4.11. The van der Waals surface area contributed by atoms with Crippen LogP contribution in [0.3, 0.4) is 0 Å². The summed E-state index contributed by atoms with van der Waals surface area (Å²) in [5.74, 6) is 0.878. The van der Waals surface area contributed by atoms with Crippen LogP contribution in [0, 0.1) is 10.1 Å². The quantitative estimate of drug-likeness (QED) is 0.666. The molecule has 0 aliphatic carbocycles. The number of aromatic nitrogens is 2. The van der Waals surface area contributed by atoms with Gasteiger partial charge in [-0.2, -0.15) is 9.97 Å². The zero-order valence-electron chi connectivity index (χ0n) is 12.0. The maximum absolute atomic E-state index is 11.3. The van der Waals surface area contributed by atoms with Crippen molar-refractivity contribution in [2.75, 3.05) is 41.7 Å². The Hall–Kier alpha value is -2.12. The molecule has 8 heteroatoms. The van der Waals surface area contributed by atoms with Crippen molar-refractivity contribution in [2.45, 2.75) is 32.1 Å². The predicted molar refractivity (Wildman–Crippen MR) is 80.6 cm³/mol. The van der Waals surface area contributed by atoms with Crippen molar-refractivity contribution in [1.82, 2.24) is 9.97 Å². The van der Waals surface area contributed by atoms with Crippen molar-refractivity contribution in [2.24, 2.45) is 0 Å². The monoisotopic (exact) mass is 292 g/mol. The van der Waals surface area contributed by atoms with Gasteiger partial charge in [-0.3, -0.25) is 10.1 Å². The highest BCUT2D eigenvalue weighted by Gasteiger charge is 2.29. The molecule has 2 saturated heterocycles. The third kappa shape index (κ3) is 2.70. The molecule has 3 rings (SSSR count). The summed E-state index contributed by atoms with van der Waals surface area (Å²) < 4.78 is 0. The van der Waals surface area contributed by atoms with Gasteiger partial charge in [0, 0.05) is 26.2 Å². The lowest BCUT2D eigenvalue weighted by molar-refractivity contribution is -0.383. The highest BCUT2D eigenvalue weighted by molar-refractivity contribution is 5.71. The second kappa shape index (κ2) is 5.71. The lowest BCUT2D eigenvalue weighted by Gasteiger charge is -2.28. The molecule has 3 heterocycles. The van der Waals surface area contributed by atoms with E-state index in [1.54, 1.807) is 0 Å². The molecule has 0 spiro atoms. The minimum absolute atomic E-state index is 0.0301. The summed E-state index contributed by atoms with van der Waals surface area (Å²) in [5.41, 5.74) is 5.70. The van der Waals surface area contributed by atoms with Crippen molar-refractivity contribution < 1.29 is 4.92 Å². The van der Waals surface area contributed by atoms with Crippen LogP contribution in [0.1, 0.15) is 32.1 Å². The number of nitrogens with two attached hydrogens (primary N) is 1. The van der Waals surface area contributed by atoms with Crippen molar-refractivity contribution in [3.05, 3.63) is 10.1 Å². The minimum Gasteiger partial charge on any atom is -0.378 e. The van der Waals surface area contributed by atoms with E-state index in [0.29, 0.717) is 11.8 Å². The summed E-state index contributed by atoms with van der Waals surface area (Å²) in [6.07, 6.45) is 5.41. The normalized spacial score (nSPS) is 19.0. The zero-order chi connectivity index (χ0) is 14.8. The molecule has 2 aliphatic rings. The van der Waals surface area contributed by atoms with E-state index in [-0.39, 0.29) is 11.5 Å². The minimum atomic E-state index is -0.465. The average Bonchev–Trinajstić information content (AvgIpc) is 3.01. The Bertz CT molecular complexity index is 538. The molecule has 1 aromatic heterocycles. The van der Waals surface area contributed by atoms with Crippen LogP contribution in [0.4, 0.5) is 23.3 Å². The molecule has 0 radical (unpaired) electrons. The second-order valence-electron chi connectivity index (χ2n) is 5.58. The number of hydrogen-bond acceptors (Lipinski definition) is 7. The lowest BCUT2D eigenvalue weighted by atomic mass is 10.1. The molecule has 0 saturated carbocycles. The summed E-state index contributed by atoms with van der Waals surface area (Å²) in [5, 5.41) is 11.3. The Balaban J connectivity index is 2.02. The smallest absolute Gasteiger partial charge is 0.353 e. The van der Waals surface area contributed by atoms with Gasteiger partial charge in [-0.1, -0.05) is 0 Å². The summed E-state index contributed by atoms with van der Waals surface area (Å²) in [7, 11) is 0. The molecule has 0 unspecified atom stereocenters. The summed E-state index contributed by atoms with van der Waals surface area (Å²) >= 11 is 0. The molecule has 0 amide bonds. The summed E-state index contributed by atoms with van der Waals surface area (Å²) in [6.45, 7) is 3.35. The topological polar surface area (TPSA) is 101 Å². The maximum atomic E-state index is 11.3. The molecule has 21 heavy (non-hydrogen) atoms. The van der Waals surface area contributed by atoms with E-state index < -0.39 is 4.92 Å². The molecule has 0 aromatic carbocycles. The summed E-state index contributed by atoms with van der Waals surface area (Å²) in [6, 6.07) is 0. The molecule has 2 fully saturated rings. The van der Waals surface area contributed by atoms with Gasteiger partial charge in [0.05, 0.1) is 4.92 Å². The van der Waals surface area contributed by atoms with Crippen molar-refractivity contribution in [3.63, 3.8) is 0 Å². The predicted octanol–water partition coefficient (Wildman–Crippen LogP) is 1.56. The molecule has 0 bridgehead atoms. The fourth-order valence-corrected chi connectivity index (χ4v) is 3.01. The van der Waals surface area contributed by atoms with Gasteiger partial charge in [0.1, 0.15) is 0 Å². The fraction of sp³-hybridized carbons (Fsp3) is 0.692. The summed E-state index contributed by atoms with van der Waals surface area (Å²) in [4.78, 5) is 23.5. The van der Waals surface area contributed by atoms with E-state index in [4.69, 9.17) is 5.73 Å². The first-order valence-corrected chi connectivity index (χ1v) is 7.48. The molecular formula is C13H20N6O2. The SMILES string of the molecule is Nc1nc(N2CCCC2)nc(N2CCCCC2)c1[N+](=O)[O-]. The Kier molecular flexibility index (Phi) is 3.76. The highest BCUT2D eigenvalue weighted by Crippen LogP contribution is 2.34. The van der Waals surface area contributed by atoms with E-state index in [1.165, 1.54) is 0 Å². The standard InChI is InChI=1S/C13H20N6O2/c14-11-10(19(20)21)12(17-6-2-1-3-7-17)16-13(15-11)18-8-4-5-9-18/h1-9H2,(H2,14,15,16). The zero-order valence-corrected chi connectivity index (χ0v) is 12.0. The van der Waals surface area contributed by atoms with Crippen LogP contribution in [0.15, 0.2) is 0 Å². The van der Waals surface area contributed by atoms with Crippen LogP contribution in [0.25, 0.3) is 0 Å². The first kappa shape index (κ1) is 13.8. The first-order valence-electron chi connectivity index (χ1n) is 7.48. The van der Waals surface area contributed by atoms with E-state index in [0.717, 1.165) is 58.3 Å². The highest BCUT2D eigenvalue weighted by atomic mass is 16.6. The number of nitro groups is 1. The maximum Gasteiger partial charge on any atom is 0.353 e. The largest absolute Gasteiger partial charge is 0.378 e. The van der Waals surface area contributed by atoms with Gasteiger partial charge < -0.3 is 15.5 Å². The molecule has 114 valence electrons. The van der Waals surface area contributed by atoms with Gasteiger partial charge in [0.15, 0.2) is 0 Å². The third-order valence-corrected chi connectivity index (χ3v) is 4.11. The van der Waals surface area contributed by atoms with E-state index in [9.17, 15) is 10.1 Å². The van der Waals surface area contributed by atoms with Gasteiger partial charge in [0.2, 0.25) is 17.6 Å². The van der Waals surface area contributed by atoms with Crippen LogP contribution in [0.5, 0.6) is 0 Å². The Morgan fingerprint density at radius 1 is 0.952 bits per heavy atom. The van der Waals surface area contributed by atoms with E-state index in [1.807, 2.05) is 9.80 Å². The first-order chi connectivity index (χ1) is 10.2. The Labute approximate surface area is 123 Å². The lowest BCUT2D eigenvalue weighted by Crippen LogP contribution is -2.32. The number of nitrogen functional groups attached to an aromatic ring is 1. The van der Waals surface area contributed by atoms with Gasteiger partial charge >= 0.3 is 5.69 Å². The molecular weight excluding hydrogens is 272 g/mol.